The smallest absolute Gasteiger partial charge is 0.181 e. The van der Waals surface area contributed by atoms with Gasteiger partial charge < -0.3 is 9.64 Å². The van der Waals surface area contributed by atoms with E-state index in [1.165, 1.54) is 0 Å². The molecule has 0 aliphatic heterocycles. The molecule has 0 aliphatic rings. The Morgan fingerprint density at radius 1 is 0.805 bits per heavy atom. The van der Waals surface area contributed by atoms with Crippen LogP contribution in [0.5, 0.6) is 5.75 Å². The molecule has 0 saturated carbocycles. The first-order chi connectivity index (χ1) is 19.7. The summed E-state index contributed by atoms with van der Waals surface area (Å²) < 4.78 is 26.0. The maximum absolute atomic E-state index is 14.1. The zero-order chi connectivity index (χ0) is 29.0. The lowest BCUT2D eigenvalue weighted by molar-refractivity contribution is 0.331. The van der Waals surface area contributed by atoms with Crippen molar-refractivity contribution in [3.63, 3.8) is 0 Å². The minimum absolute atomic E-state index is 0.404. The van der Waals surface area contributed by atoms with E-state index in [0.29, 0.717) is 16.5 Å². The monoisotopic (exact) mass is 566 g/mol. The molecule has 0 bridgehead atoms. The molecule has 0 saturated heterocycles. The predicted molar refractivity (Wildman–Crippen MR) is 164 cm³/mol. The Morgan fingerprint density at radius 3 is 1.85 bits per heavy atom. The molecule has 0 radical (unpaired) electrons. The van der Waals surface area contributed by atoms with Crippen LogP contribution >= 0.6 is 0 Å². The molecule has 41 heavy (non-hydrogen) atoms. The molecule has 0 amide bonds. The number of rotatable bonds is 8. The van der Waals surface area contributed by atoms with E-state index in [1.54, 1.807) is 42.3 Å². The van der Waals surface area contributed by atoms with Crippen LogP contribution in [0.4, 0.5) is 17.1 Å². The summed E-state index contributed by atoms with van der Waals surface area (Å²) in [6, 6.07) is 35.0. The molecule has 0 spiro atoms. The predicted octanol–water partition coefficient (Wildman–Crippen LogP) is 7.15. The SMILES string of the molecule is COc1ccc(S(C)(=O)=NC(c2ccc(N(c3ccccc3)c3ccccc3)cc2)c2nnnn2C(C)(C)C)cc1. The molecular weight excluding hydrogens is 532 g/mol. The third kappa shape index (κ3) is 6.15. The topological polar surface area (TPSA) is 85.5 Å². The van der Waals surface area contributed by atoms with E-state index in [9.17, 15) is 4.21 Å². The van der Waals surface area contributed by atoms with Crippen molar-refractivity contribution in [3.8, 4) is 5.75 Å². The molecule has 4 aromatic carbocycles. The number of methoxy groups -OCH3 is 1. The quantitative estimate of drug-likeness (QED) is 0.198. The molecular formula is C32H34N6O2S. The van der Waals surface area contributed by atoms with E-state index in [-0.39, 0.29) is 0 Å². The van der Waals surface area contributed by atoms with Gasteiger partial charge in [-0.2, -0.15) is 0 Å². The number of anilines is 3. The first-order valence-corrected chi connectivity index (χ1v) is 15.2. The molecule has 1 aromatic heterocycles. The molecule has 2 atom stereocenters. The van der Waals surface area contributed by atoms with Crippen molar-refractivity contribution >= 4 is 26.8 Å². The van der Waals surface area contributed by atoms with Crippen LogP contribution in [0.1, 0.15) is 38.2 Å². The number of hydrogen-bond donors (Lipinski definition) is 0. The van der Waals surface area contributed by atoms with Gasteiger partial charge in [-0.15, -0.1) is 5.10 Å². The van der Waals surface area contributed by atoms with Crippen molar-refractivity contribution < 1.29 is 8.95 Å². The molecule has 5 rings (SSSR count). The van der Waals surface area contributed by atoms with Gasteiger partial charge in [0.1, 0.15) is 11.8 Å². The third-order valence-corrected chi connectivity index (χ3v) is 8.43. The van der Waals surface area contributed by atoms with Gasteiger partial charge in [-0.3, -0.25) is 0 Å². The molecule has 0 fully saturated rings. The summed E-state index contributed by atoms with van der Waals surface area (Å²) in [5.74, 6) is 1.21. The second-order valence-corrected chi connectivity index (χ2v) is 13.0. The highest BCUT2D eigenvalue weighted by atomic mass is 32.2. The van der Waals surface area contributed by atoms with E-state index in [2.05, 4.69) is 44.7 Å². The minimum Gasteiger partial charge on any atom is -0.497 e. The molecule has 0 aliphatic carbocycles. The molecule has 8 nitrogen and oxygen atoms in total. The average molecular weight is 567 g/mol. The second kappa shape index (κ2) is 11.5. The number of aromatic nitrogens is 4. The van der Waals surface area contributed by atoms with Crippen LogP contribution in [0.2, 0.25) is 0 Å². The number of ether oxygens (including phenoxy) is 1. The Labute approximate surface area is 241 Å². The van der Waals surface area contributed by atoms with E-state index in [1.807, 2.05) is 81.4 Å². The fourth-order valence-electron chi connectivity index (χ4n) is 4.60. The first-order valence-electron chi connectivity index (χ1n) is 13.3. The van der Waals surface area contributed by atoms with Crippen molar-refractivity contribution in [3.05, 3.63) is 121 Å². The molecule has 1 heterocycles. The molecule has 9 heteroatoms. The van der Waals surface area contributed by atoms with Crippen LogP contribution in [-0.2, 0) is 15.3 Å². The van der Waals surface area contributed by atoms with Crippen LogP contribution < -0.4 is 9.64 Å². The fraction of sp³-hybridized carbons (Fsp3) is 0.219. The molecule has 5 aromatic rings. The molecule has 2 unspecified atom stereocenters. The number of nitrogens with zero attached hydrogens (tertiary/aromatic N) is 6. The summed E-state index contributed by atoms with van der Waals surface area (Å²) in [5, 5.41) is 12.6. The van der Waals surface area contributed by atoms with Gasteiger partial charge in [-0.25, -0.2) is 13.3 Å². The van der Waals surface area contributed by atoms with E-state index >= 15 is 0 Å². The van der Waals surface area contributed by atoms with Crippen molar-refractivity contribution in [1.29, 1.82) is 0 Å². The summed E-state index contributed by atoms with van der Waals surface area (Å²) in [4.78, 5) is 2.80. The van der Waals surface area contributed by atoms with Gasteiger partial charge in [0.25, 0.3) is 0 Å². The number of hydrogen-bond acceptors (Lipinski definition) is 7. The van der Waals surface area contributed by atoms with E-state index in [0.717, 1.165) is 22.6 Å². The zero-order valence-corrected chi connectivity index (χ0v) is 24.7. The largest absolute Gasteiger partial charge is 0.497 e. The van der Waals surface area contributed by atoms with Crippen molar-refractivity contribution in [2.24, 2.45) is 4.36 Å². The normalized spacial score (nSPS) is 13.7. The highest BCUT2D eigenvalue weighted by molar-refractivity contribution is 7.93. The van der Waals surface area contributed by atoms with Crippen molar-refractivity contribution in [2.45, 2.75) is 37.2 Å². The summed E-state index contributed by atoms with van der Waals surface area (Å²) in [6.45, 7) is 6.08. The standard InChI is InChI=1S/C32H34N6O2S/c1-32(2,3)38-31(33-35-36-38)30(34-41(5,39)29-22-20-28(40-4)21-23-29)24-16-18-27(19-17-24)37(25-12-8-6-9-13-25)26-14-10-7-11-15-26/h6-23,30H,1-5H3. The molecule has 0 N–H and O–H groups in total. The summed E-state index contributed by atoms with van der Waals surface area (Å²) in [7, 11) is -1.23. The average Bonchev–Trinajstić information content (AvgIpc) is 3.49. The second-order valence-electron chi connectivity index (χ2n) is 10.7. The lowest BCUT2D eigenvalue weighted by Crippen LogP contribution is -2.27. The minimum atomic E-state index is -2.83. The third-order valence-electron chi connectivity index (χ3n) is 6.67. The van der Waals surface area contributed by atoms with Gasteiger partial charge >= 0.3 is 0 Å². The number of tetrazole rings is 1. The number of para-hydroxylation sites is 2. The maximum atomic E-state index is 14.1. The van der Waals surface area contributed by atoms with Gasteiger partial charge in [0.15, 0.2) is 5.82 Å². The maximum Gasteiger partial charge on any atom is 0.181 e. The van der Waals surface area contributed by atoms with Crippen LogP contribution in [0.3, 0.4) is 0 Å². The lowest BCUT2D eigenvalue weighted by atomic mass is 10.0. The molecule has 210 valence electrons. The van der Waals surface area contributed by atoms with Gasteiger partial charge in [-0.1, -0.05) is 48.5 Å². The Balaban J connectivity index is 1.62. The van der Waals surface area contributed by atoms with Crippen LogP contribution in [-0.4, -0.2) is 37.8 Å². The van der Waals surface area contributed by atoms with Crippen LogP contribution in [0.15, 0.2) is 118 Å². The summed E-state index contributed by atoms with van der Waals surface area (Å²) in [5.41, 5.74) is 3.49. The Morgan fingerprint density at radius 2 is 1.34 bits per heavy atom. The van der Waals surface area contributed by atoms with Crippen LogP contribution in [0.25, 0.3) is 0 Å². The zero-order valence-electron chi connectivity index (χ0n) is 23.9. The van der Waals surface area contributed by atoms with Crippen molar-refractivity contribution in [2.75, 3.05) is 18.3 Å². The van der Waals surface area contributed by atoms with Gasteiger partial charge in [0.2, 0.25) is 0 Å². The van der Waals surface area contributed by atoms with Crippen LogP contribution in [0, 0.1) is 0 Å². The first kappa shape index (κ1) is 28.0. The highest BCUT2D eigenvalue weighted by Gasteiger charge is 2.28. The Bertz CT molecular complexity index is 1670. The Kier molecular flexibility index (Phi) is 7.90. The van der Waals surface area contributed by atoms with Gasteiger partial charge in [0, 0.05) is 28.2 Å². The Hall–Kier alpha value is -4.50. The van der Waals surface area contributed by atoms with E-state index in [4.69, 9.17) is 9.10 Å². The number of benzene rings is 4. The van der Waals surface area contributed by atoms with Gasteiger partial charge in [-0.05, 0) is 97.4 Å². The fourth-order valence-corrected chi connectivity index (χ4v) is 5.98. The van der Waals surface area contributed by atoms with Crippen molar-refractivity contribution in [1.82, 2.24) is 20.2 Å². The highest BCUT2D eigenvalue weighted by Crippen LogP contribution is 2.36. The summed E-state index contributed by atoms with van der Waals surface area (Å²) >= 11 is 0. The van der Waals surface area contributed by atoms with E-state index < -0.39 is 21.3 Å². The summed E-state index contributed by atoms with van der Waals surface area (Å²) in [6.07, 6.45) is 1.65. The van der Waals surface area contributed by atoms with Gasteiger partial charge in [0.05, 0.1) is 22.4 Å². The lowest BCUT2D eigenvalue weighted by Gasteiger charge is -2.26.